The van der Waals surface area contributed by atoms with Gasteiger partial charge in [0.2, 0.25) is 0 Å². The van der Waals surface area contributed by atoms with Crippen molar-refractivity contribution in [2.45, 2.75) is 25.2 Å². The lowest BCUT2D eigenvalue weighted by atomic mass is 9.92. The number of hydrogen-bond acceptors (Lipinski definition) is 8. The van der Waals surface area contributed by atoms with E-state index >= 15 is 0 Å². The number of hydrogen-bond donors (Lipinski definition) is 2. The normalized spacial score (nSPS) is 19.0. The summed E-state index contributed by atoms with van der Waals surface area (Å²) in [5, 5.41) is 10.6. The van der Waals surface area contributed by atoms with E-state index in [2.05, 4.69) is 15.0 Å². The van der Waals surface area contributed by atoms with E-state index in [-0.39, 0.29) is 40.1 Å². The third-order valence-corrected chi connectivity index (χ3v) is 5.17. The second-order valence-electron chi connectivity index (χ2n) is 5.50. The van der Waals surface area contributed by atoms with E-state index in [0.717, 1.165) is 0 Å². The highest BCUT2D eigenvalue weighted by molar-refractivity contribution is 7.89. The minimum Gasteiger partial charge on any atom is -0.467 e. The van der Waals surface area contributed by atoms with Crippen molar-refractivity contribution in [2.75, 3.05) is 14.2 Å². The summed E-state index contributed by atoms with van der Waals surface area (Å²) >= 11 is 6.14. The van der Waals surface area contributed by atoms with Crippen LogP contribution in [0.5, 0.6) is 12.0 Å². The van der Waals surface area contributed by atoms with Crippen molar-refractivity contribution in [3.63, 3.8) is 0 Å². The lowest BCUT2D eigenvalue weighted by Gasteiger charge is -2.26. The lowest BCUT2D eigenvalue weighted by Crippen LogP contribution is -2.33. The van der Waals surface area contributed by atoms with Gasteiger partial charge in [-0.25, -0.2) is 8.42 Å². The third kappa shape index (κ3) is 4.62. The molecule has 150 valence electrons. The average Bonchev–Trinajstić information content (AvgIpc) is 2.64. The van der Waals surface area contributed by atoms with E-state index in [1.165, 1.54) is 20.3 Å². The molecule has 2 atom stereocenters. The Labute approximate surface area is 159 Å². The predicted octanol–water partition coefficient (Wildman–Crippen LogP) is 1.48. The number of methoxy groups -OCH3 is 2. The molecule has 1 aliphatic rings. The van der Waals surface area contributed by atoms with Gasteiger partial charge in [-0.05, 0) is 12.3 Å². The molecule has 2 N–H and O–H groups in total. The summed E-state index contributed by atoms with van der Waals surface area (Å²) in [6.45, 7) is 1.67. The van der Waals surface area contributed by atoms with Crippen LogP contribution in [0.25, 0.3) is 0 Å². The van der Waals surface area contributed by atoms with Gasteiger partial charge in [-0.15, -0.1) is 4.98 Å². The second-order valence-corrected chi connectivity index (χ2v) is 7.55. The zero-order chi connectivity index (χ0) is 20.4. The lowest BCUT2D eigenvalue weighted by molar-refractivity contribution is 0.199. The molecule has 0 spiro atoms. The first kappa shape index (κ1) is 21.3. The number of ether oxygens (including phenoxy) is 2. The smallest absolute Gasteiger partial charge is 0.355 e. The van der Waals surface area contributed by atoms with Crippen molar-refractivity contribution in [2.24, 2.45) is 5.92 Å². The van der Waals surface area contributed by atoms with Crippen molar-refractivity contribution < 1.29 is 31.8 Å². The van der Waals surface area contributed by atoms with Crippen molar-refractivity contribution in [1.82, 2.24) is 19.7 Å². The molecule has 2 rings (SSSR count). The summed E-state index contributed by atoms with van der Waals surface area (Å²) in [6.07, 6.45) is 0.199. The van der Waals surface area contributed by atoms with E-state index < -0.39 is 21.9 Å². The first-order chi connectivity index (χ1) is 12.6. The van der Waals surface area contributed by atoms with Crippen LogP contribution in [0.2, 0.25) is 0 Å². The summed E-state index contributed by atoms with van der Waals surface area (Å²) in [7, 11) is -2.44. The molecule has 0 aromatic carbocycles. The van der Waals surface area contributed by atoms with Crippen molar-refractivity contribution in [3.8, 4) is 12.0 Å². The highest BCUT2D eigenvalue weighted by atomic mass is 35.5. The Morgan fingerprint density at radius 2 is 1.81 bits per heavy atom. The summed E-state index contributed by atoms with van der Waals surface area (Å²) < 4.78 is 60.3. The number of aliphatic hydroxyl groups is 1. The van der Waals surface area contributed by atoms with Gasteiger partial charge < -0.3 is 14.6 Å². The largest absolute Gasteiger partial charge is 0.467 e. The Balaban J connectivity index is 2.49. The van der Waals surface area contributed by atoms with Crippen LogP contribution in [0.3, 0.4) is 0 Å². The Hall–Kier alpha value is -2.05. The molecule has 0 aliphatic heterocycles. The Bertz CT molecular complexity index is 856. The minimum atomic E-state index is -5.01. The molecule has 1 aliphatic carbocycles. The number of aromatic nitrogens is 3. The van der Waals surface area contributed by atoms with Crippen LogP contribution in [0.1, 0.15) is 25.3 Å². The molecule has 9 nitrogen and oxygen atoms in total. The Kier molecular flexibility index (Phi) is 6.54. The molecule has 0 radical (unpaired) electrons. The average molecular weight is 427 g/mol. The fourth-order valence-corrected chi connectivity index (χ4v) is 3.14. The van der Waals surface area contributed by atoms with Gasteiger partial charge in [-0.3, -0.25) is 4.72 Å². The topological polar surface area (TPSA) is 124 Å². The van der Waals surface area contributed by atoms with Gasteiger partial charge in [0, 0.05) is 10.6 Å². The van der Waals surface area contributed by atoms with Crippen LogP contribution in [-0.4, -0.2) is 48.5 Å². The number of nitrogens with zero attached hydrogens (tertiary/aromatic N) is 3. The fraction of sp³-hybridized carbons (Fsp3) is 0.500. The molecule has 1 heterocycles. The first-order valence-electron chi connectivity index (χ1n) is 7.52. The summed E-state index contributed by atoms with van der Waals surface area (Å²) in [5.41, 5.74) is -0.417. The van der Waals surface area contributed by atoms with Gasteiger partial charge in [0.15, 0.2) is 5.82 Å². The van der Waals surface area contributed by atoms with Gasteiger partial charge in [0.1, 0.15) is 6.10 Å². The summed E-state index contributed by atoms with van der Waals surface area (Å²) in [6, 6.07) is -0.323. The van der Waals surface area contributed by atoms with E-state index in [4.69, 9.17) is 21.1 Å². The minimum absolute atomic E-state index is 0.0243. The second kappa shape index (κ2) is 8.31. The number of rotatable bonds is 7. The molecule has 13 heteroatoms. The summed E-state index contributed by atoms with van der Waals surface area (Å²) in [4.78, 5) is 11.5. The number of nitrogens with one attached hydrogen (secondary N) is 1. The van der Waals surface area contributed by atoms with Crippen molar-refractivity contribution >= 4 is 21.6 Å². The van der Waals surface area contributed by atoms with Gasteiger partial charge in [0.05, 0.1) is 19.9 Å². The van der Waals surface area contributed by atoms with Gasteiger partial charge >= 0.3 is 17.8 Å². The third-order valence-electron chi connectivity index (χ3n) is 3.65. The quantitative estimate of drug-likeness (QED) is 0.672. The molecular weight excluding hydrogens is 410 g/mol. The highest BCUT2D eigenvalue weighted by Crippen LogP contribution is 2.37. The molecule has 1 aromatic rings. The number of allylic oxidation sites excluding steroid dienone is 2. The van der Waals surface area contributed by atoms with E-state index in [9.17, 15) is 22.3 Å². The molecule has 2 unspecified atom stereocenters. The van der Waals surface area contributed by atoms with Gasteiger partial charge in [-0.1, -0.05) is 24.6 Å². The molecule has 1 aromatic heterocycles. The molecule has 0 saturated carbocycles. The number of sulfonamides is 1. The van der Waals surface area contributed by atoms with Gasteiger partial charge in [-0.2, -0.15) is 18.7 Å². The summed E-state index contributed by atoms with van der Waals surface area (Å²) in [5.74, 6) is -4.26. The number of aliphatic hydroxyl groups excluding tert-OH is 1. The molecule has 0 saturated heterocycles. The standard InChI is InChI=1S/C14H17ClF2N4O5S/c1-6-4-5-7(9(8(6)15)21-27(23,24)12(16)17)10(22)11-18-13(25-2)20-14(19-11)26-3/h5-6,10,12,21-22H,4H2,1-3H3. The van der Waals surface area contributed by atoms with Crippen LogP contribution in [0, 0.1) is 5.92 Å². The highest BCUT2D eigenvalue weighted by Gasteiger charge is 2.33. The van der Waals surface area contributed by atoms with Crippen molar-refractivity contribution in [3.05, 3.63) is 28.2 Å². The number of alkyl halides is 2. The molecule has 0 bridgehead atoms. The van der Waals surface area contributed by atoms with Crippen LogP contribution >= 0.6 is 11.6 Å². The maximum absolute atomic E-state index is 12.8. The SMILES string of the molecule is COc1nc(OC)nc(C(O)C2=CCC(C)C(Cl)=C2NS(=O)(=O)C(F)F)n1. The van der Waals surface area contributed by atoms with E-state index in [1.54, 1.807) is 11.6 Å². The number of halogens is 3. The molecule has 0 amide bonds. The molecule has 0 fully saturated rings. The molecular formula is C14H17ClF2N4O5S. The first-order valence-corrected chi connectivity index (χ1v) is 9.45. The van der Waals surface area contributed by atoms with Gasteiger partial charge in [0.25, 0.3) is 10.0 Å². The maximum atomic E-state index is 12.8. The van der Waals surface area contributed by atoms with Crippen LogP contribution in [0.4, 0.5) is 8.78 Å². The predicted molar refractivity (Wildman–Crippen MR) is 90.7 cm³/mol. The van der Waals surface area contributed by atoms with E-state index in [0.29, 0.717) is 6.42 Å². The van der Waals surface area contributed by atoms with Crippen LogP contribution in [-0.2, 0) is 10.0 Å². The zero-order valence-corrected chi connectivity index (χ0v) is 16.1. The Morgan fingerprint density at radius 1 is 1.26 bits per heavy atom. The molecule has 27 heavy (non-hydrogen) atoms. The van der Waals surface area contributed by atoms with E-state index in [1.807, 2.05) is 0 Å². The maximum Gasteiger partial charge on any atom is 0.355 e. The van der Waals surface area contributed by atoms with Crippen LogP contribution in [0.15, 0.2) is 22.4 Å². The Morgan fingerprint density at radius 3 is 2.30 bits per heavy atom. The monoisotopic (exact) mass is 426 g/mol. The zero-order valence-electron chi connectivity index (χ0n) is 14.5. The van der Waals surface area contributed by atoms with Crippen LogP contribution < -0.4 is 14.2 Å². The fourth-order valence-electron chi connectivity index (χ4n) is 2.23. The van der Waals surface area contributed by atoms with Crippen molar-refractivity contribution in [1.29, 1.82) is 0 Å².